The fraction of sp³-hybridized carbons (Fsp3) is 0.636. The maximum Gasteiger partial charge on any atom is 0.193 e. The van der Waals surface area contributed by atoms with Crippen LogP contribution in [0.25, 0.3) is 0 Å². The molecule has 5 heteroatoms. The fourth-order valence-electron chi connectivity index (χ4n) is 2.00. The smallest absolute Gasteiger partial charge is 0.193 e. The zero-order chi connectivity index (χ0) is 11.4. The van der Waals surface area contributed by atoms with Gasteiger partial charge in [-0.1, -0.05) is 42.5 Å². The minimum absolute atomic E-state index is 0.278. The van der Waals surface area contributed by atoms with E-state index in [0.717, 1.165) is 0 Å². The lowest BCUT2D eigenvalue weighted by molar-refractivity contribution is 0.208. The van der Waals surface area contributed by atoms with Gasteiger partial charge in [0.15, 0.2) is 16.1 Å². The van der Waals surface area contributed by atoms with Crippen LogP contribution in [-0.4, -0.2) is 16.8 Å². The lowest BCUT2D eigenvalue weighted by atomic mass is 9.90. The van der Waals surface area contributed by atoms with Crippen molar-refractivity contribution in [1.82, 2.24) is 10.2 Å². The summed E-state index contributed by atoms with van der Waals surface area (Å²) in [5, 5.41) is 7.92. The lowest BCUT2D eigenvalue weighted by Gasteiger charge is -2.21. The Hall–Kier alpha value is -0.540. The molecule has 1 fully saturated rings. The molecule has 1 aliphatic carbocycles. The first kappa shape index (κ1) is 11.9. The van der Waals surface area contributed by atoms with Gasteiger partial charge in [0, 0.05) is 6.07 Å². The summed E-state index contributed by atoms with van der Waals surface area (Å²) in [4.78, 5) is 0. The molecule has 16 heavy (non-hydrogen) atoms. The number of aromatic nitrogens is 2. The second-order valence-corrected chi connectivity index (χ2v) is 4.88. The minimum atomic E-state index is 0.278. The van der Waals surface area contributed by atoms with Crippen molar-refractivity contribution >= 4 is 23.2 Å². The van der Waals surface area contributed by atoms with Crippen molar-refractivity contribution in [2.75, 3.05) is 6.61 Å². The number of hydrogen-bond donors (Lipinski definition) is 0. The van der Waals surface area contributed by atoms with Gasteiger partial charge in [-0.2, -0.15) is 0 Å². The first-order valence-corrected chi connectivity index (χ1v) is 6.33. The molecule has 0 amide bonds. The maximum atomic E-state index is 5.86. The predicted octanol–water partition coefficient (Wildman–Crippen LogP) is 3.74. The largest absolute Gasteiger partial charge is 0.490 e. The Bertz CT molecular complexity index is 354. The van der Waals surface area contributed by atoms with Crippen LogP contribution in [0.15, 0.2) is 6.07 Å². The first-order chi connectivity index (χ1) is 7.75. The average Bonchev–Trinajstić information content (AvgIpc) is 2.32. The van der Waals surface area contributed by atoms with Crippen LogP contribution in [0.5, 0.6) is 5.75 Å². The Kier molecular flexibility index (Phi) is 4.24. The lowest BCUT2D eigenvalue weighted by Crippen LogP contribution is -2.15. The summed E-state index contributed by atoms with van der Waals surface area (Å²) in [6, 6.07) is 1.61. The molecule has 0 N–H and O–H groups in total. The number of ether oxygens (including phenoxy) is 1. The van der Waals surface area contributed by atoms with Crippen molar-refractivity contribution in [3.8, 4) is 5.75 Å². The molecule has 0 saturated heterocycles. The zero-order valence-corrected chi connectivity index (χ0v) is 10.5. The predicted molar refractivity (Wildman–Crippen MR) is 64.1 cm³/mol. The highest BCUT2D eigenvalue weighted by atomic mass is 35.5. The topological polar surface area (TPSA) is 35.0 Å². The van der Waals surface area contributed by atoms with Crippen molar-refractivity contribution in [2.24, 2.45) is 5.92 Å². The standard InChI is InChI=1S/C11H14Cl2N2O/c12-10-6-9(11(13)15-14-10)16-7-8-4-2-1-3-5-8/h6,8H,1-5,7H2. The molecule has 0 aromatic carbocycles. The van der Waals surface area contributed by atoms with E-state index in [-0.39, 0.29) is 5.15 Å². The van der Waals surface area contributed by atoms with Crippen molar-refractivity contribution in [1.29, 1.82) is 0 Å². The van der Waals surface area contributed by atoms with E-state index >= 15 is 0 Å². The molecule has 1 heterocycles. The second-order valence-electron chi connectivity index (χ2n) is 4.14. The van der Waals surface area contributed by atoms with E-state index in [9.17, 15) is 0 Å². The molecule has 1 aliphatic rings. The van der Waals surface area contributed by atoms with E-state index in [1.807, 2.05) is 0 Å². The minimum Gasteiger partial charge on any atom is -0.490 e. The Morgan fingerprint density at radius 1 is 1.19 bits per heavy atom. The zero-order valence-electron chi connectivity index (χ0n) is 8.96. The van der Waals surface area contributed by atoms with E-state index in [1.54, 1.807) is 6.07 Å². The van der Waals surface area contributed by atoms with E-state index in [0.29, 0.717) is 23.4 Å². The molecule has 88 valence electrons. The van der Waals surface area contributed by atoms with Crippen LogP contribution in [0.4, 0.5) is 0 Å². The van der Waals surface area contributed by atoms with Gasteiger partial charge in [-0.3, -0.25) is 0 Å². The van der Waals surface area contributed by atoms with Crippen LogP contribution in [-0.2, 0) is 0 Å². The molecule has 1 aromatic rings. The van der Waals surface area contributed by atoms with E-state index in [4.69, 9.17) is 27.9 Å². The molecule has 1 saturated carbocycles. The molecule has 3 nitrogen and oxygen atoms in total. The molecule has 0 aliphatic heterocycles. The molecule has 0 atom stereocenters. The van der Waals surface area contributed by atoms with Gasteiger partial charge < -0.3 is 4.74 Å². The number of hydrogen-bond acceptors (Lipinski definition) is 3. The Labute approximate surface area is 105 Å². The van der Waals surface area contributed by atoms with Crippen LogP contribution in [0.2, 0.25) is 10.3 Å². The summed E-state index contributed by atoms with van der Waals surface area (Å²) < 4.78 is 5.64. The molecule has 2 rings (SSSR count). The average molecular weight is 261 g/mol. The maximum absolute atomic E-state index is 5.86. The Balaban J connectivity index is 1.90. The highest BCUT2D eigenvalue weighted by Gasteiger charge is 2.15. The second kappa shape index (κ2) is 5.69. The van der Waals surface area contributed by atoms with Gasteiger partial charge in [-0.15, -0.1) is 10.2 Å². The third-order valence-electron chi connectivity index (χ3n) is 2.89. The van der Waals surface area contributed by atoms with Gasteiger partial charge in [0.2, 0.25) is 0 Å². The van der Waals surface area contributed by atoms with Crippen LogP contribution in [0.3, 0.4) is 0 Å². The van der Waals surface area contributed by atoms with E-state index in [1.165, 1.54) is 32.1 Å². The first-order valence-electron chi connectivity index (χ1n) is 5.57. The molecule has 0 unspecified atom stereocenters. The molecule has 0 radical (unpaired) electrons. The molecule has 0 spiro atoms. The van der Waals surface area contributed by atoms with Crippen LogP contribution in [0, 0.1) is 5.92 Å². The van der Waals surface area contributed by atoms with Crippen molar-refractivity contribution < 1.29 is 4.74 Å². The van der Waals surface area contributed by atoms with Crippen molar-refractivity contribution in [2.45, 2.75) is 32.1 Å². The highest BCUT2D eigenvalue weighted by molar-refractivity contribution is 6.32. The SMILES string of the molecule is Clc1cc(OCC2CCCCC2)c(Cl)nn1. The van der Waals surface area contributed by atoms with Crippen LogP contribution >= 0.6 is 23.2 Å². The van der Waals surface area contributed by atoms with Crippen LogP contribution < -0.4 is 4.74 Å². The summed E-state index contributed by atoms with van der Waals surface area (Å²) in [6.07, 6.45) is 6.43. The van der Waals surface area contributed by atoms with Gasteiger partial charge in [0.25, 0.3) is 0 Å². The molecule has 1 aromatic heterocycles. The highest BCUT2D eigenvalue weighted by Crippen LogP contribution is 2.27. The third kappa shape index (κ3) is 3.22. The van der Waals surface area contributed by atoms with Gasteiger partial charge in [-0.05, 0) is 18.8 Å². The summed E-state index contributed by atoms with van der Waals surface area (Å²) in [5.41, 5.74) is 0. The van der Waals surface area contributed by atoms with Gasteiger partial charge >= 0.3 is 0 Å². The molecule has 0 bridgehead atoms. The number of halogens is 2. The number of rotatable bonds is 3. The van der Waals surface area contributed by atoms with Crippen LogP contribution in [0.1, 0.15) is 32.1 Å². The molecular weight excluding hydrogens is 247 g/mol. The van der Waals surface area contributed by atoms with Crippen molar-refractivity contribution in [3.63, 3.8) is 0 Å². The van der Waals surface area contributed by atoms with Gasteiger partial charge in [0.1, 0.15) is 0 Å². The Morgan fingerprint density at radius 3 is 2.69 bits per heavy atom. The molecular formula is C11H14Cl2N2O. The van der Waals surface area contributed by atoms with E-state index < -0.39 is 0 Å². The summed E-state index contributed by atoms with van der Waals surface area (Å²) >= 11 is 11.6. The fourth-order valence-corrected chi connectivity index (χ4v) is 2.28. The summed E-state index contributed by atoms with van der Waals surface area (Å²) in [6.45, 7) is 0.696. The van der Waals surface area contributed by atoms with Gasteiger partial charge in [-0.25, -0.2) is 0 Å². The monoisotopic (exact) mass is 260 g/mol. The van der Waals surface area contributed by atoms with E-state index in [2.05, 4.69) is 10.2 Å². The third-order valence-corrected chi connectivity index (χ3v) is 3.33. The van der Waals surface area contributed by atoms with Crippen molar-refractivity contribution in [3.05, 3.63) is 16.4 Å². The summed E-state index contributed by atoms with van der Waals surface area (Å²) in [5.74, 6) is 1.17. The quantitative estimate of drug-likeness (QED) is 0.831. The normalized spacial score (nSPS) is 17.4. The number of nitrogens with zero attached hydrogens (tertiary/aromatic N) is 2. The van der Waals surface area contributed by atoms with Gasteiger partial charge in [0.05, 0.1) is 6.61 Å². The Morgan fingerprint density at radius 2 is 1.94 bits per heavy atom. The summed E-state index contributed by atoms with van der Waals surface area (Å²) in [7, 11) is 0.